The Morgan fingerprint density at radius 2 is 1.88 bits per heavy atom. The quantitative estimate of drug-likeness (QED) is 0.590. The first-order valence-electron chi connectivity index (χ1n) is 5.46. The number of aromatic nitrogens is 1. The molecule has 0 saturated heterocycles. The van der Waals surface area contributed by atoms with E-state index in [4.69, 9.17) is 9.78 Å². The topological polar surface area (TPSA) is 34.2 Å². The second-order valence-corrected chi connectivity index (χ2v) is 4.09. The summed E-state index contributed by atoms with van der Waals surface area (Å²) in [6.45, 7) is 0. The molecule has 1 aliphatic rings. The van der Waals surface area contributed by atoms with Gasteiger partial charge in [0.05, 0.1) is 0 Å². The van der Waals surface area contributed by atoms with Crippen LogP contribution in [0.2, 0.25) is 0 Å². The molecule has 17 heavy (non-hydrogen) atoms. The van der Waals surface area contributed by atoms with Crippen molar-refractivity contribution in [3.63, 3.8) is 0 Å². The first-order valence-corrected chi connectivity index (χ1v) is 5.46. The van der Waals surface area contributed by atoms with Crippen LogP contribution < -0.4 is 4.89 Å². The Balaban J connectivity index is 2.16. The summed E-state index contributed by atoms with van der Waals surface area (Å²) < 4.78 is 0. The molecule has 3 aromatic rings. The van der Waals surface area contributed by atoms with Crippen molar-refractivity contribution in [3.8, 4) is 5.75 Å². The molecule has 0 spiro atoms. The minimum Gasteiger partial charge on any atom is -0.354 e. The van der Waals surface area contributed by atoms with Crippen molar-refractivity contribution in [3.05, 3.63) is 48.2 Å². The van der Waals surface area contributed by atoms with E-state index in [1.54, 1.807) is 0 Å². The van der Waals surface area contributed by atoms with Gasteiger partial charge in [-0.15, -0.1) is 0 Å². The molecule has 0 unspecified atom stereocenters. The van der Waals surface area contributed by atoms with E-state index in [1.807, 2.05) is 24.3 Å². The molecule has 3 heteroatoms. The molecule has 3 nitrogen and oxygen atoms in total. The standard InChI is InChI=1S/C14H9NO2/c1-2-4-12-10(3-1)11-8-14-9(5-6-16-17-14)7-13(11)15-12/h1-8,15H. The van der Waals surface area contributed by atoms with Gasteiger partial charge in [-0.3, -0.25) is 9.78 Å². The summed E-state index contributed by atoms with van der Waals surface area (Å²) in [5, 5.41) is 2.35. The Morgan fingerprint density at radius 3 is 2.88 bits per heavy atom. The van der Waals surface area contributed by atoms with Crippen LogP contribution in [0.3, 0.4) is 0 Å². The monoisotopic (exact) mass is 223 g/mol. The predicted octanol–water partition coefficient (Wildman–Crippen LogP) is 3.62. The summed E-state index contributed by atoms with van der Waals surface area (Å²) in [6.07, 6.45) is 3.43. The van der Waals surface area contributed by atoms with E-state index >= 15 is 0 Å². The summed E-state index contributed by atoms with van der Waals surface area (Å²) in [7, 11) is 0. The first-order chi connectivity index (χ1) is 8.42. The number of nitrogens with one attached hydrogen (secondary N) is 1. The maximum atomic E-state index is 5.15. The van der Waals surface area contributed by atoms with Gasteiger partial charge in [-0.05, 0) is 24.3 Å². The molecule has 0 fully saturated rings. The van der Waals surface area contributed by atoms with Gasteiger partial charge in [0.15, 0.2) is 5.75 Å². The first kappa shape index (κ1) is 8.70. The molecule has 1 aliphatic heterocycles. The fraction of sp³-hybridized carbons (Fsp3) is 0. The van der Waals surface area contributed by atoms with Crippen molar-refractivity contribution in [2.45, 2.75) is 0 Å². The number of aromatic amines is 1. The van der Waals surface area contributed by atoms with Gasteiger partial charge in [-0.1, -0.05) is 18.2 Å². The Hall–Kier alpha value is -2.42. The van der Waals surface area contributed by atoms with Crippen LogP contribution in [-0.4, -0.2) is 4.98 Å². The number of fused-ring (bicyclic) bond motifs is 4. The third-order valence-corrected chi connectivity index (χ3v) is 3.08. The van der Waals surface area contributed by atoms with Crippen LogP contribution >= 0.6 is 0 Å². The summed E-state index contributed by atoms with van der Waals surface area (Å²) in [6, 6.07) is 12.3. The van der Waals surface area contributed by atoms with Crippen molar-refractivity contribution >= 4 is 27.9 Å². The summed E-state index contributed by atoms with van der Waals surface area (Å²) in [5.41, 5.74) is 3.27. The molecule has 82 valence electrons. The van der Waals surface area contributed by atoms with E-state index in [-0.39, 0.29) is 0 Å². The summed E-state index contributed by atoms with van der Waals surface area (Å²) in [4.78, 5) is 13.4. The molecule has 1 aromatic heterocycles. The van der Waals surface area contributed by atoms with Gasteiger partial charge in [0.25, 0.3) is 0 Å². The van der Waals surface area contributed by atoms with Crippen molar-refractivity contribution < 1.29 is 9.78 Å². The number of H-pyrrole nitrogens is 1. The third-order valence-electron chi connectivity index (χ3n) is 3.08. The normalized spacial score (nSPS) is 13.4. The lowest BCUT2D eigenvalue weighted by atomic mass is 10.1. The van der Waals surface area contributed by atoms with E-state index < -0.39 is 0 Å². The smallest absolute Gasteiger partial charge is 0.186 e. The molecule has 0 aliphatic carbocycles. The van der Waals surface area contributed by atoms with Gasteiger partial charge >= 0.3 is 0 Å². The van der Waals surface area contributed by atoms with Crippen LogP contribution in [-0.2, 0) is 4.89 Å². The number of benzene rings is 2. The highest BCUT2D eigenvalue weighted by molar-refractivity contribution is 6.08. The van der Waals surface area contributed by atoms with Crippen molar-refractivity contribution in [2.75, 3.05) is 0 Å². The molecule has 0 amide bonds. The number of para-hydroxylation sites is 1. The average molecular weight is 223 g/mol. The largest absolute Gasteiger partial charge is 0.354 e. The van der Waals surface area contributed by atoms with Crippen molar-refractivity contribution in [1.82, 2.24) is 4.98 Å². The number of rotatable bonds is 0. The lowest BCUT2D eigenvalue weighted by Gasteiger charge is -2.10. The molecule has 0 bridgehead atoms. The Morgan fingerprint density at radius 1 is 0.941 bits per heavy atom. The fourth-order valence-corrected chi connectivity index (χ4v) is 2.28. The molecule has 0 atom stereocenters. The third kappa shape index (κ3) is 1.16. The SMILES string of the molecule is C1=Cc2cc3[nH]c4ccccc4c3cc2OO1. The number of hydrogen-bond acceptors (Lipinski definition) is 2. The van der Waals surface area contributed by atoms with E-state index in [0.717, 1.165) is 27.7 Å². The highest BCUT2D eigenvalue weighted by Crippen LogP contribution is 2.33. The van der Waals surface area contributed by atoms with Gasteiger partial charge in [0, 0.05) is 27.4 Å². The lowest BCUT2D eigenvalue weighted by Crippen LogP contribution is -1.96. The predicted molar refractivity (Wildman–Crippen MR) is 66.6 cm³/mol. The van der Waals surface area contributed by atoms with Crippen LogP contribution in [0.15, 0.2) is 42.7 Å². The molecule has 0 saturated carbocycles. The second-order valence-electron chi connectivity index (χ2n) is 4.09. The zero-order chi connectivity index (χ0) is 11.2. The van der Waals surface area contributed by atoms with Crippen LogP contribution in [0.25, 0.3) is 27.9 Å². The molecular weight excluding hydrogens is 214 g/mol. The van der Waals surface area contributed by atoms with Gasteiger partial charge in [0.2, 0.25) is 0 Å². The van der Waals surface area contributed by atoms with Crippen LogP contribution in [0.1, 0.15) is 5.56 Å². The maximum absolute atomic E-state index is 5.15. The molecule has 2 aromatic carbocycles. The highest BCUT2D eigenvalue weighted by atomic mass is 17.2. The summed E-state index contributed by atoms with van der Waals surface area (Å²) in [5.74, 6) is 0.754. The van der Waals surface area contributed by atoms with Crippen molar-refractivity contribution in [1.29, 1.82) is 0 Å². The zero-order valence-corrected chi connectivity index (χ0v) is 8.94. The van der Waals surface area contributed by atoms with Gasteiger partial charge in [-0.25, -0.2) is 0 Å². The van der Waals surface area contributed by atoms with Gasteiger partial charge in [-0.2, -0.15) is 0 Å². The van der Waals surface area contributed by atoms with Crippen LogP contribution in [0.4, 0.5) is 0 Å². The van der Waals surface area contributed by atoms with Gasteiger partial charge in [0.1, 0.15) is 6.26 Å². The van der Waals surface area contributed by atoms with E-state index in [1.165, 1.54) is 11.6 Å². The Labute approximate surface area is 97.2 Å². The highest BCUT2D eigenvalue weighted by Gasteiger charge is 2.12. The van der Waals surface area contributed by atoms with E-state index in [2.05, 4.69) is 23.2 Å². The van der Waals surface area contributed by atoms with Crippen LogP contribution in [0.5, 0.6) is 5.75 Å². The van der Waals surface area contributed by atoms with Crippen LogP contribution in [0, 0.1) is 0 Å². The molecule has 1 N–H and O–H groups in total. The van der Waals surface area contributed by atoms with E-state index in [0.29, 0.717) is 0 Å². The summed E-state index contributed by atoms with van der Waals surface area (Å²) >= 11 is 0. The Kier molecular flexibility index (Phi) is 1.56. The maximum Gasteiger partial charge on any atom is 0.186 e. The molecular formula is C14H9NO2. The second kappa shape index (κ2) is 3.04. The minimum absolute atomic E-state index is 0.754. The molecule has 0 radical (unpaired) electrons. The van der Waals surface area contributed by atoms with Crippen molar-refractivity contribution in [2.24, 2.45) is 0 Å². The average Bonchev–Trinajstić information content (AvgIpc) is 2.73. The fourth-order valence-electron chi connectivity index (χ4n) is 2.28. The number of hydrogen-bond donors (Lipinski definition) is 1. The lowest BCUT2D eigenvalue weighted by molar-refractivity contribution is -0.151. The Bertz CT molecular complexity index is 755. The molecule has 4 rings (SSSR count). The zero-order valence-electron chi connectivity index (χ0n) is 8.94. The van der Waals surface area contributed by atoms with Gasteiger partial charge < -0.3 is 4.98 Å². The van der Waals surface area contributed by atoms with E-state index in [9.17, 15) is 0 Å². The molecule has 2 heterocycles. The minimum atomic E-state index is 0.754.